The maximum Gasteiger partial charge on any atom is 0.416 e. The highest BCUT2D eigenvalue weighted by molar-refractivity contribution is 5.50. The molecule has 0 N–H and O–H groups in total. The number of nitrogens with zero attached hydrogens (tertiary/aromatic N) is 1. The summed E-state index contributed by atoms with van der Waals surface area (Å²) in [5.74, 6) is 0.233. The summed E-state index contributed by atoms with van der Waals surface area (Å²) in [7, 11) is 1.30. The summed E-state index contributed by atoms with van der Waals surface area (Å²) in [6.45, 7) is -0.145. The monoisotopic (exact) mass is 327 g/mol. The fraction of sp³-hybridized carbons (Fsp3) is 0.200. The third kappa shape index (κ3) is 4.12. The Morgan fingerprint density at radius 2 is 1.91 bits per heavy atom. The van der Waals surface area contributed by atoms with Crippen molar-refractivity contribution in [3.8, 4) is 11.5 Å². The third-order valence-electron chi connectivity index (χ3n) is 3.01. The lowest BCUT2D eigenvalue weighted by Crippen LogP contribution is -2.06. The fourth-order valence-corrected chi connectivity index (χ4v) is 1.91. The van der Waals surface area contributed by atoms with Crippen LogP contribution in [0.15, 0.2) is 42.5 Å². The molecule has 23 heavy (non-hydrogen) atoms. The van der Waals surface area contributed by atoms with E-state index in [1.165, 1.54) is 31.4 Å². The molecule has 0 aliphatic carbocycles. The van der Waals surface area contributed by atoms with Gasteiger partial charge in [0, 0.05) is 0 Å². The van der Waals surface area contributed by atoms with Crippen LogP contribution in [0.4, 0.5) is 18.9 Å². The molecule has 0 heterocycles. The van der Waals surface area contributed by atoms with E-state index in [9.17, 15) is 23.3 Å². The van der Waals surface area contributed by atoms with Crippen LogP contribution in [0.3, 0.4) is 0 Å². The molecule has 0 aromatic heterocycles. The van der Waals surface area contributed by atoms with Gasteiger partial charge in [-0.25, -0.2) is 0 Å². The molecular weight excluding hydrogens is 315 g/mol. The summed E-state index contributed by atoms with van der Waals surface area (Å²) in [6.07, 6.45) is -4.44. The van der Waals surface area contributed by atoms with Gasteiger partial charge in [0.25, 0.3) is 0 Å². The third-order valence-corrected chi connectivity index (χ3v) is 3.01. The van der Waals surface area contributed by atoms with Crippen molar-refractivity contribution in [3.05, 3.63) is 63.7 Å². The molecule has 0 unspecified atom stereocenters. The minimum atomic E-state index is -4.44. The van der Waals surface area contributed by atoms with E-state index >= 15 is 0 Å². The van der Waals surface area contributed by atoms with Gasteiger partial charge in [-0.2, -0.15) is 13.2 Å². The Labute approximate surface area is 129 Å². The van der Waals surface area contributed by atoms with Gasteiger partial charge in [-0.05, 0) is 29.8 Å². The number of ether oxygens (including phenoxy) is 2. The van der Waals surface area contributed by atoms with Crippen molar-refractivity contribution in [1.29, 1.82) is 0 Å². The van der Waals surface area contributed by atoms with E-state index in [0.717, 1.165) is 18.2 Å². The van der Waals surface area contributed by atoms with Gasteiger partial charge in [0.2, 0.25) is 0 Å². The Balaban J connectivity index is 2.15. The molecule has 0 saturated heterocycles. The molecule has 5 nitrogen and oxygen atoms in total. The van der Waals surface area contributed by atoms with Gasteiger partial charge < -0.3 is 9.47 Å². The molecule has 2 aromatic rings. The molecule has 122 valence electrons. The molecule has 0 spiro atoms. The molecule has 2 rings (SSSR count). The van der Waals surface area contributed by atoms with E-state index < -0.39 is 16.7 Å². The topological polar surface area (TPSA) is 61.6 Å². The van der Waals surface area contributed by atoms with Crippen molar-refractivity contribution in [2.45, 2.75) is 12.8 Å². The Kier molecular flexibility index (Phi) is 4.73. The van der Waals surface area contributed by atoms with Crippen LogP contribution in [0.2, 0.25) is 0 Å². The second-order valence-electron chi connectivity index (χ2n) is 4.58. The summed E-state index contributed by atoms with van der Waals surface area (Å²) in [4.78, 5) is 10.3. The number of methoxy groups -OCH3 is 1. The smallest absolute Gasteiger partial charge is 0.416 e. The number of benzene rings is 2. The van der Waals surface area contributed by atoms with Crippen LogP contribution in [-0.4, -0.2) is 12.0 Å². The Morgan fingerprint density at radius 3 is 2.52 bits per heavy atom. The summed E-state index contributed by atoms with van der Waals surface area (Å²) < 4.78 is 48.1. The summed E-state index contributed by atoms with van der Waals surface area (Å²) in [5, 5.41) is 10.9. The second kappa shape index (κ2) is 6.55. The van der Waals surface area contributed by atoms with Crippen molar-refractivity contribution in [2.24, 2.45) is 0 Å². The normalized spacial score (nSPS) is 11.1. The summed E-state index contributed by atoms with van der Waals surface area (Å²) >= 11 is 0. The average Bonchev–Trinajstić information content (AvgIpc) is 2.52. The first-order chi connectivity index (χ1) is 10.8. The van der Waals surface area contributed by atoms with Crippen LogP contribution in [0.5, 0.6) is 11.5 Å². The first kappa shape index (κ1) is 16.6. The predicted molar refractivity (Wildman–Crippen MR) is 75.4 cm³/mol. The quantitative estimate of drug-likeness (QED) is 0.610. The van der Waals surface area contributed by atoms with Gasteiger partial charge in [-0.3, -0.25) is 10.1 Å². The summed E-state index contributed by atoms with van der Waals surface area (Å²) in [5.41, 5.74) is -0.758. The van der Waals surface area contributed by atoms with Crippen LogP contribution in [-0.2, 0) is 12.8 Å². The zero-order chi connectivity index (χ0) is 17.0. The van der Waals surface area contributed by atoms with Gasteiger partial charge in [0.05, 0.1) is 23.7 Å². The zero-order valence-electron chi connectivity index (χ0n) is 12.0. The molecular formula is C15H12F3NO4. The highest BCUT2D eigenvalue weighted by Crippen LogP contribution is 2.32. The van der Waals surface area contributed by atoms with Gasteiger partial charge in [0.1, 0.15) is 12.4 Å². The van der Waals surface area contributed by atoms with Crippen molar-refractivity contribution in [3.63, 3.8) is 0 Å². The van der Waals surface area contributed by atoms with Crippen molar-refractivity contribution < 1.29 is 27.6 Å². The molecule has 2 aromatic carbocycles. The lowest BCUT2D eigenvalue weighted by atomic mass is 10.1. The standard InChI is InChI=1S/C15H12F3NO4/c1-22-14-6-5-12(8-13(14)19(20)21)23-9-10-3-2-4-11(7-10)15(16,17)18/h2-8H,9H2,1H3. The van der Waals surface area contributed by atoms with Crippen LogP contribution in [0, 0.1) is 10.1 Å². The first-order valence-corrected chi connectivity index (χ1v) is 6.42. The predicted octanol–water partition coefficient (Wildman–Crippen LogP) is 4.20. The van der Waals surface area contributed by atoms with E-state index in [-0.39, 0.29) is 23.8 Å². The van der Waals surface area contributed by atoms with E-state index in [2.05, 4.69) is 0 Å². The Morgan fingerprint density at radius 1 is 1.17 bits per heavy atom. The van der Waals surface area contributed by atoms with E-state index in [1.54, 1.807) is 0 Å². The highest BCUT2D eigenvalue weighted by atomic mass is 19.4. The molecule has 8 heteroatoms. The molecule has 0 amide bonds. The maximum absolute atomic E-state index is 12.6. The number of nitro benzene ring substituents is 1. The summed E-state index contributed by atoms with van der Waals surface area (Å²) in [6, 6.07) is 8.65. The fourth-order valence-electron chi connectivity index (χ4n) is 1.91. The van der Waals surface area contributed by atoms with Crippen LogP contribution in [0.1, 0.15) is 11.1 Å². The van der Waals surface area contributed by atoms with Gasteiger partial charge >= 0.3 is 11.9 Å². The average molecular weight is 327 g/mol. The number of hydrogen-bond donors (Lipinski definition) is 0. The van der Waals surface area contributed by atoms with Gasteiger partial charge in [0.15, 0.2) is 5.75 Å². The second-order valence-corrected chi connectivity index (χ2v) is 4.58. The minimum absolute atomic E-state index is 0.0708. The zero-order valence-corrected chi connectivity index (χ0v) is 12.0. The largest absolute Gasteiger partial charge is 0.490 e. The maximum atomic E-state index is 12.6. The SMILES string of the molecule is COc1ccc(OCc2cccc(C(F)(F)F)c2)cc1[N+](=O)[O-]. The highest BCUT2D eigenvalue weighted by Gasteiger charge is 2.30. The van der Waals surface area contributed by atoms with Crippen LogP contribution in [0.25, 0.3) is 0 Å². The number of alkyl halides is 3. The molecule has 0 aliphatic heterocycles. The number of rotatable bonds is 5. The minimum Gasteiger partial charge on any atom is -0.490 e. The van der Waals surface area contributed by atoms with E-state index in [4.69, 9.17) is 9.47 Å². The molecule has 0 bridgehead atoms. The molecule has 0 radical (unpaired) electrons. The molecule has 0 saturated carbocycles. The molecule has 0 atom stereocenters. The first-order valence-electron chi connectivity index (χ1n) is 6.42. The number of halogens is 3. The lowest BCUT2D eigenvalue weighted by molar-refractivity contribution is -0.385. The Bertz CT molecular complexity index is 716. The van der Waals surface area contributed by atoms with Crippen molar-refractivity contribution in [1.82, 2.24) is 0 Å². The van der Waals surface area contributed by atoms with E-state index in [1.807, 2.05) is 0 Å². The van der Waals surface area contributed by atoms with E-state index in [0.29, 0.717) is 5.56 Å². The number of hydrogen-bond acceptors (Lipinski definition) is 4. The Hall–Kier alpha value is -2.77. The molecule has 0 aliphatic rings. The lowest BCUT2D eigenvalue weighted by Gasteiger charge is -2.10. The number of nitro groups is 1. The van der Waals surface area contributed by atoms with Crippen molar-refractivity contribution in [2.75, 3.05) is 7.11 Å². The van der Waals surface area contributed by atoms with Crippen LogP contribution < -0.4 is 9.47 Å². The van der Waals surface area contributed by atoms with Gasteiger partial charge in [-0.1, -0.05) is 12.1 Å². The van der Waals surface area contributed by atoms with Crippen molar-refractivity contribution >= 4 is 5.69 Å². The molecule has 0 fully saturated rings. The van der Waals surface area contributed by atoms with Gasteiger partial charge in [-0.15, -0.1) is 0 Å². The van der Waals surface area contributed by atoms with Crippen LogP contribution >= 0.6 is 0 Å².